The first-order valence-electron chi connectivity index (χ1n) is 9.00. The maximum Gasteiger partial charge on any atom is 0.305 e. The molecule has 0 radical (unpaired) electrons. The highest BCUT2D eigenvalue weighted by Gasteiger charge is 2.17. The molecule has 2 N–H and O–H groups in total. The van der Waals surface area contributed by atoms with Gasteiger partial charge in [-0.25, -0.2) is 9.97 Å². The van der Waals surface area contributed by atoms with Crippen molar-refractivity contribution in [3.63, 3.8) is 0 Å². The summed E-state index contributed by atoms with van der Waals surface area (Å²) in [6, 6.07) is 8.26. The molecule has 4 rings (SSSR count). The zero-order valence-electron chi connectivity index (χ0n) is 15.6. The van der Waals surface area contributed by atoms with Crippen molar-refractivity contribution in [3.8, 4) is 11.4 Å². The molecule has 0 bridgehead atoms. The zero-order chi connectivity index (χ0) is 19.9. The molecule has 0 spiro atoms. The lowest BCUT2D eigenvalue weighted by Crippen LogP contribution is -2.19. The number of aromatic nitrogens is 4. The van der Waals surface area contributed by atoms with E-state index >= 15 is 0 Å². The van der Waals surface area contributed by atoms with Gasteiger partial charge in [0.15, 0.2) is 5.82 Å². The molecule has 0 unspecified atom stereocenters. The average molecular weight is 448 g/mol. The van der Waals surface area contributed by atoms with Crippen LogP contribution in [0.1, 0.15) is 19.3 Å². The highest BCUT2D eigenvalue weighted by Crippen LogP contribution is 2.31. The minimum absolute atomic E-state index is 0.0938. The van der Waals surface area contributed by atoms with Crippen molar-refractivity contribution in [1.29, 1.82) is 0 Å². The Bertz CT molecular complexity index is 927. The van der Waals surface area contributed by atoms with Crippen LogP contribution >= 0.6 is 15.9 Å². The normalized spacial score (nSPS) is 13.4. The number of carboxylic acids is 1. The van der Waals surface area contributed by atoms with Gasteiger partial charge in [0.1, 0.15) is 12.1 Å². The van der Waals surface area contributed by atoms with E-state index in [0.29, 0.717) is 6.61 Å². The highest BCUT2D eigenvalue weighted by atomic mass is 79.9. The van der Waals surface area contributed by atoms with Gasteiger partial charge in [-0.1, -0.05) is 22.0 Å². The molecule has 28 heavy (non-hydrogen) atoms. The van der Waals surface area contributed by atoms with Crippen LogP contribution in [0, 0.1) is 0 Å². The number of H-pyrrole nitrogens is 1. The van der Waals surface area contributed by atoms with Gasteiger partial charge < -0.3 is 14.7 Å². The number of aromatic amines is 1. The van der Waals surface area contributed by atoms with E-state index in [0.717, 1.165) is 45.7 Å². The number of ether oxygens (including phenoxy) is 1. The van der Waals surface area contributed by atoms with Gasteiger partial charge in [-0.3, -0.25) is 9.89 Å². The second-order valence-electron chi connectivity index (χ2n) is 6.35. The van der Waals surface area contributed by atoms with E-state index in [4.69, 9.17) is 10.1 Å². The number of halogens is 1. The van der Waals surface area contributed by atoms with Gasteiger partial charge >= 0.3 is 5.97 Å². The highest BCUT2D eigenvalue weighted by molar-refractivity contribution is 9.10. The Kier molecular flexibility index (Phi) is 6.94. The van der Waals surface area contributed by atoms with E-state index in [-0.39, 0.29) is 6.42 Å². The maximum absolute atomic E-state index is 9.68. The van der Waals surface area contributed by atoms with E-state index in [2.05, 4.69) is 58.9 Å². The predicted molar refractivity (Wildman–Crippen MR) is 110 cm³/mol. The maximum atomic E-state index is 9.68. The van der Waals surface area contributed by atoms with Crippen molar-refractivity contribution in [1.82, 2.24) is 20.2 Å². The van der Waals surface area contributed by atoms with Gasteiger partial charge in [-0.15, -0.1) is 0 Å². The summed E-state index contributed by atoms with van der Waals surface area (Å²) in [7, 11) is 1.48. The number of anilines is 1. The Morgan fingerprint density at radius 2 is 2.11 bits per heavy atom. The number of pyridine rings is 1. The van der Waals surface area contributed by atoms with Crippen LogP contribution in [0.3, 0.4) is 0 Å². The molecular weight excluding hydrogens is 426 g/mol. The quantitative estimate of drug-likeness (QED) is 0.616. The molecule has 148 valence electrons. The van der Waals surface area contributed by atoms with Crippen molar-refractivity contribution >= 4 is 38.6 Å². The summed E-state index contributed by atoms with van der Waals surface area (Å²) in [4.78, 5) is 21.1. The second-order valence-corrected chi connectivity index (χ2v) is 7.27. The third kappa shape index (κ3) is 5.05. The Labute approximate surface area is 171 Å². The SMILES string of the molecule is Brc1ccc2c(-c3ncn[nH]3)cc(N3CCCC3)nc2c1.COCCC(=O)O. The minimum atomic E-state index is -0.818. The number of rotatable bonds is 5. The van der Waals surface area contributed by atoms with Crippen LogP contribution in [0.15, 0.2) is 35.1 Å². The molecule has 3 heterocycles. The van der Waals surface area contributed by atoms with Crippen LogP contribution in [0.4, 0.5) is 5.82 Å². The largest absolute Gasteiger partial charge is 0.481 e. The molecule has 8 nitrogen and oxygen atoms in total. The number of hydrogen-bond donors (Lipinski definition) is 2. The number of nitrogens with one attached hydrogen (secondary N) is 1. The Morgan fingerprint density at radius 3 is 2.71 bits per heavy atom. The van der Waals surface area contributed by atoms with Gasteiger partial charge in [0.25, 0.3) is 0 Å². The average Bonchev–Trinajstić information content (AvgIpc) is 3.39. The standard InChI is InChI=1S/C15H14BrN5.C4H8O3/c16-10-3-4-11-12(15-17-9-18-20-15)8-14(19-13(11)7-10)21-5-1-2-6-21;1-7-3-2-4(5)6/h3-4,7-9H,1-2,5-6H2,(H,17,18,20);2-3H2,1H3,(H,5,6). The van der Waals surface area contributed by atoms with Crippen LogP contribution < -0.4 is 4.90 Å². The fourth-order valence-electron chi connectivity index (χ4n) is 3.02. The number of benzene rings is 1. The number of methoxy groups -OCH3 is 1. The number of carboxylic acid groups (broad SMARTS) is 1. The van der Waals surface area contributed by atoms with E-state index in [1.807, 2.05) is 6.07 Å². The van der Waals surface area contributed by atoms with Crippen molar-refractivity contribution in [3.05, 3.63) is 35.1 Å². The smallest absolute Gasteiger partial charge is 0.305 e. The Morgan fingerprint density at radius 1 is 1.32 bits per heavy atom. The molecule has 0 saturated carbocycles. The summed E-state index contributed by atoms with van der Waals surface area (Å²) in [6.07, 6.45) is 4.10. The van der Waals surface area contributed by atoms with Gasteiger partial charge in [-0.2, -0.15) is 5.10 Å². The van der Waals surface area contributed by atoms with Crippen molar-refractivity contribution < 1.29 is 14.6 Å². The number of fused-ring (bicyclic) bond motifs is 1. The minimum Gasteiger partial charge on any atom is -0.481 e. The first-order valence-corrected chi connectivity index (χ1v) is 9.79. The summed E-state index contributed by atoms with van der Waals surface area (Å²) in [6.45, 7) is 2.44. The third-order valence-corrected chi connectivity index (χ3v) is 4.87. The van der Waals surface area contributed by atoms with Crippen molar-refractivity contribution in [2.75, 3.05) is 31.7 Å². The Hall–Kier alpha value is -2.52. The number of hydrogen-bond acceptors (Lipinski definition) is 6. The summed E-state index contributed by atoms with van der Waals surface area (Å²) in [5.41, 5.74) is 2.02. The van der Waals surface area contributed by atoms with E-state index in [9.17, 15) is 4.79 Å². The number of aliphatic carboxylic acids is 1. The Balaban J connectivity index is 0.000000279. The number of nitrogens with zero attached hydrogens (tertiary/aromatic N) is 4. The van der Waals surface area contributed by atoms with E-state index in [1.165, 1.54) is 26.3 Å². The predicted octanol–water partition coefficient (Wildman–Crippen LogP) is 3.49. The molecule has 1 aromatic carbocycles. The topological polar surface area (TPSA) is 104 Å². The summed E-state index contributed by atoms with van der Waals surface area (Å²) >= 11 is 3.52. The molecular formula is C19H22BrN5O3. The van der Waals surface area contributed by atoms with Crippen LogP contribution in [-0.4, -0.2) is 58.0 Å². The molecule has 0 aliphatic carbocycles. The van der Waals surface area contributed by atoms with Crippen LogP contribution in [0.5, 0.6) is 0 Å². The lowest BCUT2D eigenvalue weighted by atomic mass is 10.1. The molecule has 1 aliphatic rings. The summed E-state index contributed by atoms with van der Waals surface area (Å²) < 4.78 is 5.50. The van der Waals surface area contributed by atoms with Gasteiger partial charge in [0, 0.05) is 35.6 Å². The van der Waals surface area contributed by atoms with Gasteiger partial charge in [0.05, 0.1) is 18.5 Å². The van der Waals surface area contributed by atoms with E-state index in [1.54, 1.807) is 0 Å². The molecule has 0 atom stereocenters. The number of carbonyl (C=O) groups is 1. The third-order valence-electron chi connectivity index (χ3n) is 4.38. The molecule has 1 fully saturated rings. The molecule has 2 aromatic heterocycles. The zero-order valence-corrected chi connectivity index (χ0v) is 17.1. The van der Waals surface area contributed by atoms with Crippen LogP contribution in [0.2, 0.25) is 0 Å². The monoisotopic (exact) mass is 447 g/mol. The lowest BCUT2D eigenvalue weighted by molar-refractivity contribution is -0.137. The first-order chi connectivity index (χ1) is 13.6. The van der Waals surface area contributed by atoms with Gasteiger partial charge in [-0.05, 0) is 31.0 Å². The summed E-state index contributed by atoms with van der Waals surface area (Å²) in [5, 5.41) is 16.0. The second kappa shape index (κ2) is 9.61. The fraction of sp³-hybridized carbons (Fsp3) is 0.368. The van der Waals surface area contributed by atoms with Gasteiger partial charge in [0.2, 0.25) is 0 Å². The van der Waals surface area contributed by atoms with Crippen LogP contribution in [-0.2, 0) is 9.53 Å². The fourth-order valence-corrected chi connectivity index (χ4v) is 3.37. The van der Waals surface area contributed by atoms with E-state index < -0.39 is 5.97 Å². The lowest BCUT2D eigenvalue weighted by Gasteiger charge is -2.18. The summed E-state index contributed by atoms with van der Waals surface area (Å²) in [5.74, 6) is 0.983. The van der Waals surface area contributed by atoms with Crippen molar-refractivity contribution in [2.45, 2.75) is 19.3 Å². The molecule has 3 aromatic rings. The molecule has 0 amide bonds. The van der Waals surface area contributed by atoms with Crippen molar-refractivity contribution in [2.24, 2.45) is 0 Å². The first kappa shape index (κ1) is 20.2. The van der Waals surface area contributed by atoms with Crippen LogP contribution in [0.25, 0.3) is 22.3 Å². The molecule has 1 saturated heterocycles. The molecule has 1 aliphatic heterocycles. The molecule has 9 heteroatoms.